The third-order valence-electron chi connectivity index (χ3n) is 26.0. The van der Waals surface area contributed by atoms with Gasteiger partial charge in [0, 0.05) is 51.4 Å². The summed E-state index contributed by atoms with van der Waals surface area (Å²) in [7, 11) is 1.42. The van der Waals surface area contributed by atoms with Gasteiger partial charge in [-0.3, -0.25) is 14.4 Å². The fourth-order valence-electron chi connectivity index (χ4n) is 21.5. The number of alkyl carbamates (subject to hydrolysis) is 1. The van der Waals surface area contributed by atoms with Crippen LogP contribution in [0, 0.1) is 120 Å². The first-order valence-corrected chi connectivity index (χ1v) is 28.9. The minimum atomic E-state index is -0.762. The van der Waals surface area contributed by atoms with Crippen molar-refractivity contribution < 1.29 is 33.5 Å². The maximum Gasteiger partial charge on any atom is 0.407 e. The van der Waals surface area contributed by atoms with Crippen molar-refractivity contribution in [1.29, 1.82) is 0 Å². The Bertz CT molecular complexity index is 2790. The van der Waals surface area contributed by atoms with Crippen molar-refractivity contribution in [3.05, 3.63) is 56.8 Å². The minimum absolute atomic E-state index is 0.00571. The molecule has 0 unspecified atom stereocenters. The summed E-state index contributed by atoms with van der Waals surface area (Å²) < 4.78 is 5.07. The molecule has 0 bridgehead atoms. The van der Waals surface area contributed by atoms with E-state index in [0.717, 1.165) is 77.0 Å². The van der Waals surface area contributed by atoms with Gasteiger partial charge >= 0.3 is 6.09 Å². The van der Waals surface area contributed by atoms with Gasteiger partial charge in [-0.2, -0.15) is 0 Å². The second kappa shape index (κ2) is 17.4. The number of nitrogens with one attached hydrogen (secondary N) is 1. The van der Waals surface area contributed by atoms with Gasteiger partial charge in [-0.05, 0) is 179 Å². The summed E-state index contributed by atoms with van der Waals surface area (Å²) in [6, 6.07) is 0. The number of Topliss-reactive ketones (excluding diaryl/α,β-unsaturated/α-hetero) is 4. The number of ether oxygens (including phenoxy) is 1. The summed E-state index contributed by atoms with van der Waals surface area (Å²) in [5.41, 5.74) is 5.60. The summed E-state index contributed by atoms with van der Waals surface area (Å²) in [5, 5.41) is 6.89. The van der Waals surface area contributed by atoms with Crippen LogP contribution in [0.4, 0.5) is 4.79 Å². The van der Waals surface area contributed by atoms with E-state index in [1.807, 2.05) is 39.8 Å². The van der Waals surface area contributed by atoms with Gasteiger partial charge < -0.3 is 19.6 Å². The van der Waals surface area contributed by atoms with Crippen LogP contribution in [0.25, 0.3) is 20.1 Å². The number of ketones is 4. The molecule has 2 amide bonds. The van der Waals surface area contributed by atoms with Gasteiger partial charge in [-0.1, -0.05) is 109 Å². The fraction of sp³-hybridized carbons (Fsp3) is 0.810. The highest BCUT2D eigenvalue weighted by Gasteiger charge is 2.75. The van der Waals surface area contributed by atoms with Crippen LogP contribution in [0.3, 0.4) is 0 Å². The third kappa shape index (κ3) is 7.40. The molecule has 0 radical (unpaired) electrons. The lowest BCUT2D eigenvalue weighted by Crippen LogP contribution is -2.72. The van der Waals surface area contributed by atoms with Crippen LogP contribution >= 0.6 is 0 Å². The van der Waals surface area contributed by atoms with E-state index in [1.165, 1.54) is 7.11 Å². The van der Waals surface area contributed by atoms with Gasteiger partial charge in [-0.25, -0.2) is 14.5 Å². The van der Waals surface area contributed by atoms with E-state index in [0.29, 0.717) is 31.5 Å². The number of rotatable bonds is 2. The lowest BCUT2D eigenvalue weighted by atomic mass is 9.31. The van der Waals surface area contributed by atoms with Crippen LogP contribution in [-0.2, 0) is 28.7 Å². The Balaban J connectivity index is 0.000000186. The van der Waals surface area contributed by atoms with Crippen molar-refractivity contribution in [2.75, 3.05) is 7.11 Å². The van der Waals surface area contributed by atoms with Gasteiger partial charge in [0.1, 0.15) is 11.6 Å². The van der Waals surface area contributed by atoms with Crippen LogP contribution < -0.4 is 5.32 Å². The molecule has 16 atom stereocenters. The molecule has 0 aromatic heterocycles. The molecule has 412 valence electrons. The van der Waals surface area contributed by atoms with Crippen LogP contribution in [0.5, 0.6) is 0 Å². The highest BCUT2D eigenvalue weighted by Crippen LogP contribution is 2.78. The summed E-state index contributed by atoms with van der Waals surface area (Å²) in [6.45, 7) is 46.3. The van der Waals surface area contributed by atoms with Crippen molar-refractivity contribution >= 4 is 35.1 Å². The first-order chi connectivity index (χ1) is 35.0. The molecule has 10 aliphatic carbocycles. The molecule has 1 N–H and O–H groups in total. The number of hydrogen-bond acceptors (Lipinski definition) is 7. The summed E-state index contributed by atoms with van der Waals surface area (Å²) in [6.07, 6.45) is 16.3. The first kappa shape index (κ1) is 56.1. The molecule has 0 spiro atoms. The zero-order valence-electron chi connectivity index (χ0n) is 48.7. The van der Waals surface area contributed by atoms with Crippen LogP contribution in [0.15, 0.2) is 28.7 Å². The molecule has 0 saturated heterocycles. The fourth-order valence-corrected chi connectivity index (χ4v) is 21.5. The topological polar surface area (TPSA) is 181 Å². The highest BCUT2D eigenvalue weighted by atomic mass is 16.5. The molecule has 0 heterocycles. The molecule has 10 rings (SSSR count). The number of hydrogen-bond donors (Lipinski definition) is 1. The monoisotopic (exact) mass is 1040 g/mol. The van der Waals surface area contributed by atoms with Crippen molar-refractivity contribution in [3.63, 3.8) is 0 Å². The summed E-state index contributed by atoms with van der Waals surface area (Å²) >= 11 is 0. The predicted octanol–water partition coefficient (Wildman–Crippen LogP) is 14.2. The first-order valence-electron chi connectivity index (χ1n) is 28.9. The van der Waals surface area contributed by atoms with Gasteiger partial charge in [-0.15, -0.1) is 0 Å². The molecule has 13 heteroatoms. The lowest BCUT2D eigenvalue weighted by Gasteiger charge is -2.72. The van der Waals surface area contributed by atoms with E-state index in [2.05, 4.69) is 94.3 Å². The van der Waals surface area contributed by atoms with Crippen LogP contribution in [-0.4, -0.2) is 47.8 Å². The third-order valence-corrected chi connectivity index (χ3v) is 26.0. The van der Waals surface area contributed by atoms with Crippen molar-refractivity contribution in [2.24, 2.45) is 112 Å². The zero-order valence-corrected chi connectivity index (χ0v) is 48.7. The number of methoxy groups -OCH3 is 1. The van der Waals surface area contributed by atoms with E-state index in [4.69, 9.17) is 23.4 Å². The Morgan fingerprint density at radius 1 is 0.579 bits per heavy atom. The van der Waals surface area contributed by atoms with Gasteiger partial charge in [0.15, 0.2) is 11.6 Å². The van der Waals surface area contributed by atoms with Crippen LogP contribution in [0.1, 0.15) is 200 Å². The van der Waals surface area contributed by atoms with Gasteiger partial charge in [0.05, 0.1) is 20.3 Å². The maximum absolute atomic E-state index is 14.5. The smallest absolute Gasteiger partial charge is 0.407 e. The number of allylic oxidation sites excluding steroid dienone is 4. The van der Waals surface area contributed by atoms with E-state index in [-0.39, 0.29) is 114 Å². The highest BCUT2D eigenvalue weighted by molar-refractivity contribution is 6.03. The molecule has 0 aromatic rings. The Morgan fingerprint density at radius 2 is 0.987 bits per heavy atom. The van der Waals surface area contributed by atoms with Crippen molar-refractivity contribution in [2.45, 2.75) is 205 Å². The number of fused-ring (bicyclic) bond motifs is 14. The molecule has 8 fully saturated rings. The number of azide groups is 1. The molecule has 13 nitrogen and oxygen atoms in total. The number of carbonyl (C=O) groups is 6. The Kier molecular flexibility index (Phi) is 12.9. The molecule has 0 aromatic carbocycles. The van der Waals surface area contributed by atoms with Crippen LogP contribution in [0.2, 0.25) is 0 Å². The SMILES string of the molecule is [C-]#[N+]C1=C[C@]2(C)[C@H]3CC(=O)[C@@H]4[C@@H]5CC(C)(C)CC[C@]5(C(=O)N=[N+]=[N-])CC[C@@]4(C)[C@]3(C)CC[C@H]2C(C)(C)C1=O.[C-]#[N+]C1=C[C@]2(C)[C@H]3CC(=O)[C@@H]4[C@@H]5CC(C)(C)CC[C@]5(NC(=O)OC)CC[C@@]4(C)[C@]3(C)CC[C@H]2C(C)(C)C1=O. The normalized spacial score (nSPS) is 46.7. The quantitative estimate of drug-likeness (QED) is 0.124. The zero-order chi connectivity index (χ0) is 56.2. The second-order valence-corrected chi connectivity index (χ2v) is 30.7. The predicted molar refractivity (Wildman–Crippen MR) is 290 cm³/mol. The van der Waals surface area contributed by atoms with E-state index < -0.39 is 38.7 Å². The van der Waals surface area contributed by atoms with E-state index >= 15 is 0 Å². The van der Waals surface area contributed by atoms with Crippen molar-refractivity contribution in [3.8, 4) is 0 Å². The Morgan fingerprint density at radius 3 is 1.43 bits per heavy atom. The van der Waals surface area contributed by atoms with E-state index in [1.54, 1.807) is 0 Å². The largest absolute Gasteiger partial charge is 0.453 e. The van der Waals surface area contributed by atoms with Crippen molar-refractivity contribution in [1.82, 2.24) is 5.32 Å². The molecule has 10 aliphatic rings. The Labute approximate surface area is 453 Å². The van der Waals surface area contributed by atoms with Gasteiger partial charge in [0.25, 0.3) is 0 Å². The molecule has 8 saturated carbocycles. The number of carbonyl (C=O) groups excluding carboxylic acids is 6. The Hall–Kier alpha value is -4.61. The number of nitrogens with zero attached hydrogens (tertiary/aromatic N) is 5. The number of amides is 2. The average Bonchev–Trinajstić information content (AvgIpc) is 3.51. The molecular formula is C63H88N6O7. The summed E-state index contributed by atoms with van der Waals surface area (Å²) in [5.74, 6) is -0.182. The lowest BCUT2D eigenvalue weighted by molar-refractivity contribution is -0.221. The maximum atomic E-state index is 14.5. The minimum Gasteiger partial charge on any atom is -0.453 e. The van der Waals surface area contributed by atoms with E-state index in [9.17, 15) is 28.8 Å². The molecule has 0 aliphatic heterocycles. The summed E-state index contributed by atoms with van der Waals surface area (Å²) in [4.78, 5) is 91.6. The molecule has 76 heavy (non-hydrogen) atoms. The molecular weight excluding hydrogens is 953 g/mol. The second-order valence-electron chi connectivity index (χ2n) is 30.7. The average molecular weight is 1040 g/mol. The van der Waals surface area contributed by atoms with Gasteiger partial charge in [0.2, 0.25) is 17.3 Å². The standard InChI is InChI=1S/C32H46N2O4.C31H42N4O3/c1-27(2)12-14-32(34-26(37)38-9)15-13-31(7)24(19(32)17-27)21(35)16-23-29(5)18-20(33-8)25(36)28(3,4)22(29)10-11-30(23,31)6;1-26(2)11-13-31(25(38)34-35-32)14-12-30(7)23(18(31)16-26)20(36)15-22-28(5)17-19(33-8)24(37)27(3,4)21(28)9-10-29(22,30)6/h18-19,22-24H,10-17H2,1-7,9H3,(H,34,37);17-18,21-23H,9-16H2,1-7H3/t19-,22-,23+,24-,29-,30+,31+,32-;18-,21-,22+,23-,28-,29+,30+,31-/m00/s1.